The zero-order valence-corrected chi connectivity index (χ0v) is 19.9. The Bertz CT molecular complexity index is 1960. The Balaban J connectivity index is 1.57. The molecule has 0 fully saturated rings. The number of hydrogen-bond donors (Lipinski definition) is 0. The maximum Gasteiger partial charge on any atom is 0.151 e. The van der Waals surface area contributed by atoms with Gasteiger partial charge in [0.1, 0.15) is 11.4 Å². The van der Waals surface area contributed by atoms with E-state index >= 15 is 0 Å². The average molecular weight is 476 g/mol. The number of hydrogen-bond acceptors (Lipinski definition) is 2. The molecule has 0 unspecified atom stereocenters. The van der Waals surface area contributed by atoms with Crippen molar-refractivity contribution in [2.45, 2.75) is 0 Å². The van der Waals surface area contributed by atoms with Crippen molar-refractivity contribution >= 4 is 32.8 Å². The van der Waals surface area contributed by atoms with Crippen LogP contribution in [0, 0.1) is 11.3 Å². The van der Waals surface area contributed by atoms with Crippen molar-refractivity contribution in [1.29, 1.82) is 5.26 Å². The molecule has 0 radical (unpaired) electrons. The highest BCUT2D eigenvalue weighted by Crippen LogP contribution is 2.42. The Morgan fingerprint density at radius 1 is 0.568 bits per heavy atom. The number of rotatable bonds is 4. The van der Waals surface area contributed by atoms with Crippen LogP contribution in [0.25, 0.3) is 44.2 Å². The minimum absolute atomic E-state index is 0.603. The second-order valence-electron chi connectivity index (χ2n) is 8.95. The molecular formula is C33H21N3O. The monoisotopic (exact) mass is 475 g/mol. The van der Waals surface area contributed by atoms with E-state index in [0.29, 0.717) is 11.3 Å². The van der Waals surface area contributed by atoms with Gasteiger partial charge < -0.3 is 4.74 Å². The van der Waals surface area contributed by atoms with Crippen LogP contribution < -0.4 is 4.74 Å². The molecule has 0 spiro atoms. The van der Waals surface area contributed by atoms with Gasteiger partial charge >= 0.3 is 0 Å². The molecule has 0 N–H and O–H groups in total. The van der Waals surface area contributed by atoms with Crippen molar-refractivity contribution in [2.24, 2.45) is 0 Å². The Morgan fingerprint density at radius 3 is 1.86 bits per heavy atom. The molecule has 0 saturated heterocycles. The lowest BCUT2D eigenvalue weighted by Crippen LogP contribution is -2.03. The lowest BCUT2D eigenvalue weighted by molar-refractivity contribution is 0.480. The molecule has 0 aliphatic rings. The minimum atomic E-state index is 0.603. The highest BCUT2D eigenvalue weighted by molar-refractivity contribution is 6.22. The van der Waals surface area contributed by atoms with Crippen LogP contribution in [0.15, 0.2) is 127 Å². The lowest BCUT2D eigenvalue weighted by Gasteiger charge is -2.16. The van der Waals surface area contributed by atoms with E-state index in [0.717, 1.165) is 33.8 Å². The summed E-state index contributed by atoms with van der Waals surface area (Å²) in [6.45, 7) is 0. The van der Waals surface area contributed by atoms with E-state index in [-0.39, 0.29) is 0 Å². The maximum atomic E-state index is 9.17. The third kappa shape index (κ3) is 3.30. The summed E-state index contributed by atoms with van der Waals surface area (Å²) >= 11 is 0. The molecule has 4 nitrogen and oxygen atoms in total. The first kappa shape index (κ1) is 21.0. The van der Waals surface area contributed by atoms with Gasteiger partial charge in [-0.3, -0.25) is 9.13 Å². The zero-order valence-electron chi connectivity index (χ0n) is 19.9. The van der Waals surface area contributed by atoms with Crippen LogP contribution in [0.4, 0.5) is 0 Å². The van der Waals surface area contributed by atoms with E-state index in [1.165, 1.54) is 16.2 Å². The van der Waals surface area contributed by atoms with Crippen LogP contribution in [-0.4, -0.2) is 9.13 Å². The number of aromatic nitrogens is 2. The summed E-state index contributed by atoms with van der Waals surface area (Å²) in [5.41, 5.74) is 6.00. The SMILES string of the molecule is N#Cc1ccc(Oc2ccccc2-n2c3ccccc3c3c4ccccc4n(-c4ccccc4)c32)cc1. The van der Waals surface area contributed by atoms with Crippen LogP contribution in [0.5, 0.6) is 11.5 Å². The Kier molecular flexibility index (Phi) is 4.80. The fourth-order valence-electron chi connectivity index (χ4n) is 5.23. The Hall–Kier alpha value is -5.27. The molecule has 2 heterocycles. The highest BCUT2D eigenvalue weighted by Gasteiger charge is 2.23. The van der Waals surface area contributed by atoms with Crippen LogP contribution in [0.2, 0.25) is 0 Å². The Morgan fingerprint density at radius 2 is 1.16 bits per heavy atom. The summed E-state index contributed by atoms with van der Waals surface area (Å²) in [4.78, 5) is 0. The molecule has 5 aromatic carbocycles. The number of fused-ring (bicyclic) bond motifs is 5. The van der Waals surface area contributed by atoms with E-state index in [9.17, 15) is 5.26 Å². The molecule has 2 aromatic heterocycles. The fourth-order valence-corrected chi connectivity index (χ4v) is 5.23. The van der Waals surface area contributed by atoms with E-state index < -0.39 is 0 Å². The molecule has 7 aromatic rings. The summed E-state index contributed by atoms with van der Waals surface area (Å²) in [5, 5.41) is 12.8. The number of ether oxygens (including phenoxy) is 1. The molecule has 7 rings (SSSR count). The molecule has 0 atom stereocenters. The van der Waals surface area contributed by atoms with Gasteiger partial charge in [-0.25, -0.2) is 0 Å². The minimum Gasteiger partial charge on any atom is -0.455 e. The van der Waals surface area contributed by atoms with Gasteiger partial charge in [-0.1, -0.05) is 66.7 Å². The van der Waals surface area contributed by atoms with Crippen molar-refractivity contribution in [3.05, 3.63) is 133 Å². The number of nitriles is 1. The topological polar surface area (TPSA) is 42.9 Å². The van der Waals surface area contributed by atoms with Crippen molar-refractivity contribution in [3.63, 3.8) is 0 Å². The molecule has 0 aliphatic heterocycles. The molecule has 37 heavy (non-hydrogen) atoms. The van der Waals surface area contributed by atoms with Gasteiger partial charge in [-0.2, -0.15) is 5.26 Å². The summed E-state index contributed by atoms with van der Waals surface area (Å²) in [6, 6.07) is 45.1. The van der Waals surface area contributed by atoms with Gasteiger partial charge in [-0.15, -0.1) is 0 Å². The lowest BCUT2D eigenvalue weighted by atomic mass is 10.1. The zero-order chi connectivity index (χ0) is 24.8. The normalized spacial score (nSPS) is 11.2. The van der Waals surface area contributed by atoms with E-state index in [1.807, 2.05) is 36.4 Å². The second kappa shape index (κ2) is 8.44. The van der Waals surface area contributed by atoms with Crippen LogP contribution in [0.1, 0.15) is 5.56 Å². The summed E-state index contributed by atoms with van der Waals surface area (Å²) in [6.07, 6.45) is 0. The summed E-state index contributed by atoms with van der Waals surface area (Å²) < 4.78 is 11.0. The van der Waals surface area contributed by atoms with Crippen LogP contribution in [-0.2, 0) is 0 Å². The number of para-hydroxylation sites is 5. The fraction of sp³-hybridized carbons (Fsp3) is 0. The largest absolute Gasteiger partial charge is 0.455 e. The third-order valence-electron chi connectivity index (χ3n) is 6.81. The number of nitrogens with zero attached hydrogens (tertiary/aromatic N) is 3. The van der Waals surface area contributed by atoms with Crippen molar-refractivity contribution in [1.82, 2.24) is 9.13 Å². The molecule has 0 saturated carbocycles. The Labute approximate surface area is 213 Å². The van der Waals surface area contributed by atoms with Gasteiger partial charge in [0.15, 0.2) is 5.75 Å². The molecule has 0 bridgehead atoms. The van der Waals surface area contributed by atoms with E-state index in [2.05, 4.69) is 94.1 Å². The smallest absolute Gasteiger partial charge is 0.151 e. The second-order valence-corrected chi connectivity index (χ2v) is 8.95. The van der Waals surface area contributed by atoms with Crippen molar-refractivity contribution < 1.29 is 4.74 Å². The van der Waals surface area contributed by atoms with Crippen LogP contribution >= 0.6 is 0 Å². The standard InChI is InChI=1S/C33H21N3O/c34-22-23-18-20-25(21-19-23)37-31-17-9-8-16-30(31)36-29-15-7-5-13-27(29)32-26-12-4-6-14-28(26)35(33(32)36)24-10-2-1-3-11-24/h1-21H. The van der Waals surface area contributed by atoms with E-state index in [1.54, 1.807) is 12.1 Å². The van der Waals surface area contributed by atoms with Gasteiger partial charge in [-0.05, 0) is 60.7 Å². The first-order chi connectivity index (χ1) is 18.3. The summed E-state index contributed by atoms with van der Waals surface area (Å²) in [7, 11) is 0. The summed E-state index contributed by atoms with van der Waals surface area (Å²) in [5.74, 6) is 1.42. The maximum absolute atomic E-state index is 9.17. The van der Waals surface area contributed by atoms with Gasteiger partial charge in [0.05, 0.1) is 28.4 Å². The van der Waals surface area contributed by atoms with Gasteiger partial charge in [0.2, 0.25) is 0 Å². The van der Waals surface area contributed by atoms with Crippen molar-refractivity contribution in [3.8, 4) is 28.9 Å². The average Bonchev–Trinajstić information content (AvgIpc) is 3.47. The molecular weight excluding hydrogens is 454 g/mol. The highest BCUT2D eigenvalue weighted by atomic mass is 16.5. The van der Waals surface area contributed by atoms with Gasteiger partial charge in [0.25, 0.3) is 0 Å². The molecule has 174 valence electrons. The molecule has 4 heteroatoms. The predicted molar refractivity (Wildman–Crippen MR) is 149 cm³/mol. The van der Waals surface area contributed by atoms with Crippen LogP contribution in [0.3, 0.4) is 0 Å². The quantitative estimate of drug-likeness (QED) is 0.256. The third-order valence-corrected chi connectivity index (χ3v) is 6.81. The number of benzene rings is 5. The van der Waals surface area contributed by atoms with E-state index in [4.69, 9.17) is 4.74 Å². The molecule has 0 amide bonds. The predicted octanol–water partition coefficient (Wildman–Crippen LogP) is 8.39. The first-order valence-corrected chi connectivity index (χ1v) is 12.2. The van der Waals surface area contributed by atoms with Crippen molar-refractivity contribution in [2.75, 3.05) is 0 Å². The first-order valence-electron chi connectivity index (χ1n) is 12.2. The molecule has 0 aliphatic carbocycles. The van der Waals surface area contributed by atoms with Gasteiger partial charge in [0, 0.05) is 21.8 Å².